The molecule has 0 aliphatic heterocycles. The Morgan fingerprint density at radius 1 is 1.43 bits per heavy atom. The highest BCUT2D eigenvalue weighted by Crippen LogP contribution is 2.19. The van der Waals surface area contributed by atoms with Crippen molar-refractivity contribution in [3.05, 3.63) is 41.3 Å². The van der Waals surface area contributed by atoms with Gasteiger partial charge >= 0.3 is 0 Å². The Morgan fingerprint density at radius 2 is 2.21 bits per heavy atom. The maximum absolute atomic E-state index is 13.1. The summed E-state index contributed by atoms with van der Waals surface area (Å²) in [4.78, 5) is 14.5. The number of carbonyl (C=O) groups excluding carboxylic acids is 1. The molecule has 70 valence electrons. The normalized spacial score (nSPS) is 10.4. The van der Waals surface area contributed by atoms with Crippen molar-refractivity contribution in [1.82, 2.24) is 4.98 Å². The number of benzene rings is 1. The van der Waals surface area contributed by atoms with Crippen molar-refractivity contribution in [3.63, 3.8) is 0 Å². The highest BCUT2D eigenvalue weighted by atomic mass is 19.1. The predicted molar refractivity (Wildman–Crippen MR) is 51.8 cm³/mol. The zero-order valence-electron chi connectivity index (χ0n) is 7.62. The van der Waals surface area contributed by atoms with Gasteiger partial charge < -0.3 is 0 Å². The van der Waals surface area contributed by atoms with E-state index in [9.17, 15) is 9.18 Å². The number of pyridine rings is 1. The van der Waals surface area contributed by atoms with Gasteiger partial charge in [0.15, 0.2) is 6.29 Å². The van der Waals surface area contributed by atoms with Gasteiger partial charge in [0.25, 0.3) is 0 Å². The van der Waals surface area contributed by atoms with Crippen molar-refractivity contribution in [2.24, 2.45) is 0 Å². The molecule has 2 rings (SSSR count). The lowest BCUT2D eigenvalue weighted by Crippen LogP contribution is -1.90. The molecule has 0 saturated heterocycles. The summed E-state index contributed by atoms with van der Waals surface area (Å²) in [6, 6.07) is 4.70. The molecule has 0 radical (unpaired) electrons. The van der Waals surface area contributed by atoms with E-state index in [1.54, 1.807) is 19.1 Å². The Balaban J connectivity index is 2.81. The van der Waals surface area contributed by atoms with Gasteiger partial charge in [-0.2, -0.15) is 0 Å². The third kappa shape index (κ3) is 1.27. The minimum absolute atomic E-state index is 0.274. The number of hydrogen-bond acceptors (Lipinski definition) is 2. The van der Waals surface area contributed by atoms with E-state index in [2.05, 4.69) is 4.98 Å². The van der Waals surface area contributed by atoms with Gasteiger partial charge in [0.05, 0.1) is 5.52 Å². The van der Waals surface area contributed by atoms with Crippen molar-refractivity contribution >= 4 is 17.2 Å². The van der Waals surface area contributed by atoms with E-state index < -0.39 is 0 Å². The summed E-state index contributed by atoms with van der Waals surface area (Å²) in [5.41, 5.74) is 1.62. The van der Waals surface area contributed by atoms with Gasteiger partial charge in [-0.05, 0) is 25.1 Å². The van der Waals surface area contributed by atoms with Crippen LogP contribution in [0.1, 0.15) is 15.9 Å². The SMILES string of the molecule is Cc1c(F)ccc2cc(C=O)cnc12. The molecular formula is C11H8FNO. The predicted octanol–water partition coefficient (Wildman–Crippen LogP) is 2.49. The molecule has 0 unspecified atom stereocenters. The number of hydrogen-bond donors (Lipinski definition) is 0. The minimum atomic E-state index is -0.274. The number of halogens is 1. The lowest BCUT2D eigenvalue weighted by atomic mass is 10.1. The monoisotopic (exact) mass is 189 g/mol. The van der Waals surface area contributed by atoms with Crippen LogP contribution >= 0.6 is 0 Å². The molecule has 1 aromatic heterocycles. The summed E-state index contributed by atoms with van der Waals surface area (Å²) in [7, 11) is 0. The van der Waals surface area contributed by atoms with E-state index in [0.29, 0.717) is 16.6 Å². The molecule has 0 spiro atoms. The molecule has 0 amide bonds. The van der Waals surface area contributed by atoms with Crippen LogP contribution < -0.4 is 0 Å². The molecule has 0 bridgehead atoms. The number of aldehydes is 1. The van der Waals surface area contributed by atoms with Gasteiger partial charge in [-0.3, -0.25) is 9.78 Å². The Hall–Kier alpha value is -1.77. The lowest BCUT2D eigenvalue weighted by molar-refractivity contribution is 0.112. The number of aromatic nitrogens is 1. The molecule has 0 saturated carbocycles. The molecule has 14 heavy (non-hydrogen) atoms. The number of fused-ring (bicyclic) bond motifs is 1. The Kier molecular flexibility index (Phi) is 2.00. The van der Waals surface area contributed by atoms with E-state index in [0.717, 1.165) is 11.7 Å². The molecule has 1 aromatic carbocycles. The quantitative estimate of drug-likeness (QED) is 0.645. The molecule has 1 heterocycles. The molecule has 2 nitrogen and oxygen atoms in total. The van der Waals surface area contributed by atoms with Crippen LogP contribution in [0.4, 0.5) is 4.39 Å². The van der Waals surface area contributed by atoms with Gasteiger partial charge in [-0.25, -0.2) is 4.39 Å². The van der Waals surface area contributed by atoms with Gasteiger partial charge in [0.2, 0.25) is 0 Å². The Morgan fingerprint density at radius 3 is 2.93 bits per heavy atom. The number of rotatable bonds is 1. The molecular weight excluding hydrogens is 181 g/mol. The summed E-state index contributed by atoms with van der Waals surface area (Å²) in [5.74, 6) is -0.274. The first kappa shape index (κ1) is 8.81. The van der Waals surface area contributed by atoms with E-state index >= 15 is 0 Å². The van der Waals surface area contributed by atoms with Gasteiger partial charge in [0, 0.05) is 22.7 Å². The molecule has 2 aromatic rings. The standard InChI is InChI=1S/C11H8FNO/c1-7-10(12)3-2-9-4-8(6-14)5-13-11(7)9/h2-6H,1H3. The topological polar surface area (TPSA) is 30.0 Å². The van der Waals surface area contributed by atoms with Crippen LogP contribution in [0, 0.1) is 12.7 Å². The third-order valence-corrected chi connectivity index (χ3v) is 2.20. The van der Waals surface area contributed by atoms with Crippen molar-refractivity contribution in [2.45, 2.75) is 6.92 Å². The van der Waals surface area contributed by atoms with Crippen LogP contribution in [-0.4, -0.2) is 11.3 Å². The Bertz CT molecular complexity index is 508. The number of carbonyl (C=O) groups is 1. The second-order valence-electron chi connectivity index (χ2n) is 3.13. The lowest BCUT2D eigenvalue weighted by Gasteiger charge is -2.02. The molecule has 0 atom stereocenters. The van der Waals surface area contributed by atoms with Crippen LogP contribution in [0.25, 0.3) is 10.9 Å². The summed E-state index contributed by atoms with van der Waals surface area (Å²) in [6.45, 7) is 1.67. The first-order valence-electron chi connectivity index (χ1n) is 4.22. The molecule has 3 heteroatoms. The van der Waals surface area contributed by atoms with Crippen LogP contribution in [0.5, 0.6) is 0 Å². The second-order valence-corrected chi connectivity index (χ2v) is 3.13. The number of aryl methyl sites for hydroxylation is 1. The van der Waals surface area contributed by atoms with Crippen molar-refractivity contribution < 1.29 is 9.18 Å². The maximum atomic E-state index is 13.1. The zero-order chi connectivity index (χ0) is 10.1. The summed E-state index contributed by atoms with van der Waals surface area (Å²) < 4.78 is 13.1. The third-order valence-electron chi connectivity index (χ3n) is 2.20. The second kappa shape index (κ2) is 3.18. The highest BCUT2D eigenvalue weighted by molar-refractivity contribution is 5.87. The van der Waals surface area contributed by atoms with Crippen molar-refractivity contribution in [1.29, 1.82) is 0 Å². The average Bonchev–Trinajstić information content (AvgIpc) is 2.23. The van der Waals surface area contributed by atoms with E-state index in [1.807, 2.05) is 0 Å². The van der Waals surface area contributed by atoms with E-state index in [4.69, 9.17) is 0 Å². The molecule has 0 aliphatic rings. The fraction of sp³-hybridized carbons (Fsp3) is 0.0909. The van der Waals surface area contributed by atoms with Gasteiger partial charge in [-0.1, -0.05) is 0 Å². The fourth-order valence-electron chi connectivity index (χ4n) is 1.40. The van der Waals surface area contributed by atoms with E-state index in [-0.39, 0.29) is 5.82 Å². The molecule has 0 aliphatic carbocycles. The number of nitrogens with zero attached hydrogens (tertiary/aromatic N) is 1. The first-order chi connectivity index (χ1) is 6.72. The van der Waals surface area contributed by atoms with Crippen LogP contribution in [0.15, 0.2) is 24.4 Å². The average molecular weight is 189 g/mol. The van der Waals surface area contributed by atoms with Gasteiger partial charge in [-0.15, -0.1) is 0 Å². The van der Waals surface area contributed by atoms with Crippen LogP contribution in [-0.2, 0) is 0 Å². The minimum Gasteiger partial charge on any atom is -0.298 e. The van der Waals surface area contributed by atoms with Crippen LogP contribution in [0.3, 0.4) is 0 Å². The van der Waals surface area contributed by atoms with Crippen molar-refractivity contribution in [3.8, 4) is 0 Å². The van der Waals surface area contributed by atoms with Crippen LogP contribution in [0.2, 0.25) is 0 Å². The summed E-state index contributed by atoms with van der Waals surface area (Å²) in [6.07, 6.45) is 2.17. The van der Waals surface area contributed by atoms with Crippen molar-refractivity contribution in [2.75, 3.05) is 0 Å². The molecule has 0 fully saturated rings. The zero-order valence-corrected chi connectivity index (χ0v) is 7.62. The fourth-order valence-corrected chi connectivity index (χ4v) is 1.40. The van der Waals surface area contributed by atoms with Gasteiger partial charge in [0.1, 0.15) is 5.82 Å². The largest absolute Gasteiger partial charge is 0.298 e. The smallest absolute Gasteiger partial charge is 0.151 e. The first-order valence-corrected chi connectivity index (χ1v) is 4.22. The Labute approximate surface area is 80.4 Å². The van der Waals surface area contributed by atoms with E-state index in [1.165, 1.54) is 12.3 Å². The molecule has 0 N–H and O–H groups in total. The maximum Gasteiger partial charge on any atom is 0.151 e. The highest BCUT2D eigenvalue weighted by Gasteiger charge is 2.04. The summed E-state index contributed by atoms with van der Waals surface area (Å²) in [5, 5.41) is 0.786. The summed E-state index contributed by atoms with van der Waals surface area (Å²) >= 11 is 0.